The van der Waals surface area contributed by atoms with Gasteiger partial charge >= 0.3 is 12.0 Å². The average molecular weight is 293 g/mol. The van der Waals surface area contributed by atoms with Gasteiger partial charge in [-0.1, -0.05) is 12.1 Å². The van der Waals surface area contributed by atoms with Gasteiger partial charge in [-0.25, -0.2) is 4.79 Å². The minimum Gasteiger partial charge on any atom is -0.481 e. The summed E-state index contributed by atoms with van der Waals surface area (Å²) in [4.78, 5) is 24.4. The van der Waals surface area contributed by atoms with Crippen LogP contribution in [0.25, 0.3) is 0 Å². The predicted molar refractivity (Wildman–Crippen MR) is 82.3 cm³/mol. The fourth-order valence-electron chi connectivity index (χ4n) is 1.97. The van der Waals surface area contributed by atoms with Crippen LogP contribution >= 0.6 is 0 Å². The van der Waals surface area contributed by atoms with Gasteiger partial charge in [-0.3, -0.25) is 4.79 Å². The van der Waals surface area contributed by atoms with Crippen LogP contribution in [0.3, 0.4) is 0 Å². The fraction of sp³-hybridized carbons (Fsp3) is 0.467. The van der Waals surface area contributed by atoms with Crippen LogP contribution in [0.4, 0.5) is 10.5 Å². The molecule has 0 aliphatic rings. The third-order valence-corrected chi connectivity index (χ3v) is 3.01. The summed E-state index contributed by atoms with van der Waals surface area (Å²) >= 11 is 0. The highest BCUT2D eigenvalue weighted by atomic mass is 16.4. The Balaban J connectivity index is 2.72. The second-order valence-corrected chi connectivity index (χ2v) is 5.09. The molecule has 0 saturated carbocycles. The number of urea groups is 1. The topological polar surface area (TPSA) is 81.7 Å². The summed E-state index contributed by atoms with van der Waals surface area (Å²) in [7, 11) is 1.86. The number of rotatable bonds is 7. The molecule has 6 heteroatoms. The number of nitrogens with one attached hydrogen (secondary N) is 2. The largest absolute Gasteiger partial charge is 0.481 e. The summed E-state index contributed by atoms with van der Waals surface area (Å²) in [5, 5.41) is 14.6. The van der Waals surface area contributed by atoms with Crippen LogP contribution in [0, 0.1) is 0 Å². The fourth-order valence-corrected chi connectivity index (χ4v) is 1.97. The molecule has 6 nitrogen and oxygen atoms in total. The van der Waals surface area contributed by atoms with E-state index in [2.05, 4.69) is 10.6 Å². The Bertz CT molecular complexity index is 489. The summed E-state index contributed by atoms with van der Waals surface area (Å²) in [5.74, 6) is -0.913. The van der Waals surface area contributed by atoms with Gasteiger partial charge in [-0.05, 0) is 38.6 Å². The van der Waals surface area contributed by atoms with Crippen LogP contribution < -0.4 is 10.6 Å². The molecular weight excluding hydrogens is 270 g/mol. The first-order valence-electron chi connectivity index (χ1n) is 6.97. The van der Waals surface area contributed by atoms with E-state index in [9.17, 15) is 9.59 Å². The summed E-state index contributed by atoms with van der Waals surface area (Å²) in [5.41, 5.74) is 1.77. The van der Waals surface area contributed by atoms with E-state index in [1.807, 2.05) is 45.2 Å². The number of carboxylic acid groups (broad SMARTS) is 1. The number of hydrogen-bond donors (Lipinski definition) is 3. The normalized spacial score (nSPS) is 10.5. The standard InChI is InChI=1S/C15H23N3O3/c1-11(2)18(8-7-14(19)20)15(21)17-13-6-4-5-12(9-13)10-16-3/h4-6,9,11,16H,7-8,10H2,1-3H3,(H,17,21)(H,19,20). The SMILES string of the molecule is CNCc1cccc(NC(=O)N(CCC(=O)O)C(C)C)c1. The first-order chi connectivity index (χ1) is 9.93. The van der Waals surface area contributed by atoms with Gasteiger partial charge in [0.15, 0.2) is 0 Å². The second kappa shape index (κ2) is 8.26. The predicted octanol–water partition coefficient (Wildman–Crippen LogP) is 2.12. The highest BCUT2D eigenvalue weighted by Gasteiger charge is 2.18. The first-order valence-corrected chi connectivity index (χ1v) is 6.97. The van der Waals surface area contributed by atoms with Gasteiger partial charge in [0.05, 0.1) is 6.42 Å². The third-order valence-electron chi connectivity index (χ3n) is 3.01. The van der Waals surface area contributed by atoms with Gasteiger partial charge in [-0.2, -0.15) is 0 Å². The zero-order valence-corrected chi connectivity index (χ0v) is 12.7. The van der Waals surface area contributed by atoms with E-state index in [0.717, 1.165) is 12.1 Å². The van der Waals surface area contributed by atoms with Crippen LogP contribution in [-0.2, 0) is 11.3 Å². The number of nitrogens with zero attached hydrogens (tertiary/aromatic N) is 1. The number of carbonyl (C=O) groups is 2. The minimum atomic E-state index is -0.913. The Labute approximate surface area is 125 Å². The van der Waals surface area contributed by atoms with Crippen LogP contribution in [0.15, 0.2) is 24.3 Å². The molecule has 2 amide bonds. The molecule has 0 radical (unpaired) electrons. The summed E-state index contributed by atoms with van der Waals surface area (Å²) in [6.45, 7) is 4.63. The van der Waals surface area contributed by atoms with E-state index < -0.39 is 5.97 Å². The quantitative estimate of drug-likeness (QED) is 0.719. The number of carbonyl (C=O) groups excluding carboxylic acids is 1. The first kappa shape index (κ1) is 17.0. The molecule has 0 fully saturated rings. The molecule has 3 N–H and O–H groups in total. The molecular formula is C15H23N3O3. The van der Waals surface area contributed by atoms with Crippen molar-refractivity contribution >= 4 is 17.7 Å². The number of hydrogen-bond acceptors (Lipinski definition) is 3. The number of aliphatic carboxylic acids is 1. The molecule has 0 heterocycles. The molecule has 0 aromatic heterocycles. The molecule has 116 valence electrons. The lowest BCUT2D eigenvalue weighted by atomic mass is 10.2. The molecule has 1 aromatic rings. The molecule has 0 saturated heterocycles. The van der Waals surface area contributed by atoms with Crippen molar-refractivity contribution in [3.05, 3.63) is 29.8 Å². The summed E-state index contributed by atoms with van der Waals surface area (Å²) in [6.07, 6.45) is -0.0641. The van der Waals surface area contributed by atoms with Crippen molar-refractivity contribution in [3.63, 3.8) is 0 Å². The van der Waals surface area contributed by atoms with Gasteiger partial charge < -0.3 is 20.6 Å². The van der Waals surface area contributed by atoms with E-state index in [0.29, 0.717) is 5.69 Å². The van der Waals surface area contributed by atoms with Crippen molar-refractivity contribution in [1.29, 1.82) is 0 Å². The maximum atomic E-state index is 12.2. The van der Waals surface area contributed by atoms with E-state index in [1.54, 1.807) is 0 Å². The van der Waals surface area contributed by atoms with Crippen LogP contribution in [0.1, 0.15) is 25.8 Å². The van der Waals surface area contributed by atoms with Gasteiger partial charge in [0.1, 0.15) is 0 Å². The molecule has 1 aromatic carbocycles. The number of amides is 2. The second-order valence-electron chi connectivity index (χ2n) is 5.09. The Kier molecular flexibility index (Phi) is 6.68. The highest BCUT2D eigenvalue weighted by molar-refractivity contribution is 5.89. The molecule has 0 aliphatic heterocycles. The third kappa shape index (κ3) is 5.83. The maximum absolute atomic E-state index is 12.2. The van der Waals surface area contributed by atoms with Crippen molar-refractivity contribution < 1.29 is 14.7 Å². The Morgan fingerprint density at radius 2 is 2.05 bits per heavy atom. The smallest absolute Gasteiger partial charge is 0.322 e. The number of anilines is 1. The molecule has 0 spiro atoms. The highest BCUT2D eigenvalue weighted by Crippen LogP contribution is 2.12. The maximum Gasteiger partial charge on any atom is 0.322 e. The lowest BCUT2D eigenvalue weighted by Gasteiger charge is -2.26. The lowest BCUT2D eigenvalue weighted by Crippen LogP contribution is -2.41. The molecule has 0 unspecified atom stereocenters. The van der Waals surface area contributed by atoms with Gasteiger partial charge in [0.25, 0.3) is 0 Å². The molecule has 21 heavy (non-hydrogen) atoms. The Hall–Kier alpha value is -2.08. The molecule has 0 atom stereocenters. The van der Waals surface area contributed by atoms with Gasteiger partial charge in [0, 0.05) is 24.8 Å². The molecule has 1 rings (SSSR count). The van der Waals surface area contributed by atoms with E-state index in [1.165, 1.54) is 4.90 Å². The molecule has 0 aliphatic carbocycles. The van der Waals surface area contributed by atoms with Crippen molar-refractivity contribution in [1.82, 2.24) is 10.2 Å². The van der Waals surface area contributed by atoms with Crippen LogP contribution in [-0.4, -0.2) is 41.6 Å². The van der Waals surface area contributed by atoms with Crippen molar-refractivity contribution in [2.45, 2.75) is 32.9 Å². The average Bonchev–Trinajstić information content (AvgIpc) is 2.38. The zero-order valence-electron chi connectivity index (χ0n) is 12.7. The van der Waals surface area contributed by atoms with E-state index >= 15 is 0 Å². The zero-order chi connectivity index (χ0) is 15.8. The Morgan fingerprint density at radius 3 is 2.62 bits per heavy atom. The monoisotopic (exact) mass is 293 g/mol. The Morgan fingerprint density at radius 1 is 1.33 bits per heavy atom. The van der Waals surface area contributed by atoms with Gasteiger partial charge in [0.2, 0.25) is 0 Å². The number of carboxylic acids is 1. The summed E-state index contributed by atoms with van der Waals surface area (Å²) < 4.78 is 0. The van der Waals surface area contributed by atoms with E-state index in [4.69, 9.17) is 5.11 Å². The van der Waals surface area contributed by atoms with E-state index in [-0.39, 0.29) is 25.0 Å². The lowest BCUT2D eigenvalue weighted by molar-refractivity contribution is -0.137. The number of benzene rings is 1. The van der Waals surface area contributed by atoms with Crippen molar-refractivity contribution in [3.8, 4) is 0 Å². The molecule has 0 bridgehead atoms. The van der Waals surface area contributed by atoms with Crippen LogP contribution in [0.5, 0.6) is 0 Å². The van der Waals surface area contributed by atoms with Gasteiger partial charge in [-0.15, -0.1) is 0 Å². The van der Waals surface area contributed by atoms with Crippen molar-refractivity contribution in [2.24, 2.45) is 0 Å². The van der Waals surface area contributed by atoms with Crippen LogP contribution in [0.2, 0.25) is 0 Å². The minimum absolute atomic E-state index is 0.0641. The summed E-state index contributed by atoms with van der Waals surface area (Å²) in [6, 6.07) is 7.20. The van der Waals surface area contributed by atoms with Crippen molar-refractivity contribution in [2.75, 3.05) is 18.9 Å².